The monoisotopic (exact) mass is 355 g/mol. The number of benzene rings is 1. The van der Waals surface area contributed by atoms with Gasteiger partial charge >= 0.3 is 12.1 Å². The number of hydrogen-bond donors (Lipinski definition) is 1. The number of halogens is 3. The van der Waals surface area contributed by atoms with Crippen molar-refractivity contribution >= 4 is 11.7 Å². The number of carboxylic acid groups (broad SMARTS) is 1. The number of carbonyl (C=O) groups is 1. The highest BCUT2D eigenvalue weighted by Gasteiger charge is 2.34. The Morgan fingerprint density at radius 1 is 1.40 bits per heavy atom. The fourth-order valence-electron chi connectivity index (χ4n) is 3.18. The maximum absolute atomic E-state index is 13.1. The maximum atomic E-state index is 13.1. The smallest absolute Gasteiger partial charge is 0.417 e. The number of likely N-dealkylation sites (N-methyl/N-ethyl adjacent to an activating group) is 1. The topological polar surface area (TPSA) is 67.6 Å². The molecule has 1 aromatic carbocycles. The summed E-state index contributed by atoms with van der Waals surface area (Å²) in [5, 5.41) is 17.8. The van der Waals surface area contributed by atoms with Crippen molar-refractivity contribution in [3.63, 3.8) is 0 Å². The van der Waals surface area contributed by atoms with Crippen molar-refractivity contribution in [1.82, 2.24) is 4.90 Å². The van der Waals surface area contributed by atoms with Gasteiger partial charge in [0.1, 0.15) is 0 Å². The molecule has 5 nitrogen and oxygen atoms in total. The third kappa shape index (κ3) is 4.86. The van der Waals surface area contributed by atoms with Gasteiger partial charge in [0, 0.05) is 24.8 Å². The van der Waals surface area contributed by atoms with Gasteiger partial charge in [-0.1, -0.05) is 0 Å². The molecule has 136 valence electrons. The SMILES string of the molecule is CN(CC(=O)O)C1CCCN(c2ccc(C#N)c(C(F)(F)F)c2)CC1. The van der Waals surface area contributed by atoms with E-state index in [-0.39, 0.29) is 18.2 Å². The summed E-state index contributed by atoms with van der Waals surface area (Å²) >= 11 is 0. The molecule has 0 radical (unpaired) electrons. The second-order valence-corrected chi connectivity index (χ2v) is 6.22. The van der Waals surface area contributed by atoms with E-state index in [2.05, 4.69) is 0 Å². The lowest BCUT2D eigenvalue weighted by molar-refractivity contribution is -0.139. The van der Waals surface area contributed by atoms with Gasteiger partial charge in [0.05, 0.1) is 23.7 Å². The van der Waals surface area contributed by atoms with Gasteiger partial charge in [-0.15, -0.1) is 0 Å². The molecule has 2 rings (SSSR count). The minimum atomic E-state index is -4.57. The molecule has 1 aromatic rings. The van der Waals surface area contributed by atoms with Gasteiger partial charge in [0.2, 0.25) is 0 Å². The van der Waals surface area contributed by atoms with Gasteiger partial charge in [0.15, 0.2) is 0 Å². The van der Waals surface area contributed by atoms with Crippen molar-refractivity contribution in [2.45, 2.75) is 31.5 Å². The van der Waals surface area contributed by atoms with Gasteiger partial charge in [-0.25, -0.2) is 0 Å². The Kier molecular flexibility index (Phi) is 5.90. The van der Waals surface area contributed by atoms with Crippen LogP contribution in [0.25, 0.3) is 0 Å². The molecule has 1 atom stereocenters. The van der Waals surface area contributed by atoms with E-state index in [9.17, 15) is 18.0 Å². The van der Waals surface area contributed by atoms with Crippen LogP contribution in [0.3, 0.4) is 0 Å². The Hall–Kier alpha value is -2.27. The third-order valence-electron chi connectivity index (χ3n) is 4.50. The van der Waals surface area contributed by atoms with Gasteiger partial charge in [0.25, 0.3) is 0 Å². The summed E-state index contributed by atoms with van der Waals surface area (Å²) in [7, 11) is 1.75. The Labute approximate surface area is 144 Å². The van der Waals surface area contributed by atoms with Crippen LogP contribution in [-0.4, -0.2) is 48.7 Å². The van der Waals surface area contributed by atoms with Crippen molar-refractivity contribution in [3.8, 4) is 6.07 Å². The Balaban J connectivity index is 2.15. The first-order chi connectivity index (χ1) is 11.7. The Morgan fingerprint density at radius 3 is 2.72 bits per heavy atom. The van der Waals surface area contributed by atoms with Crippen molar-refractivity contribution in [2.75, 3.05) is 31.6 Å². The van der Waals surface area contributed by atoms with E-state index in [1.54, 1.807) is 18.0 Å². The van der Waals surface area contributed by atoms with Crippen LogP contribution in [0.1, 0.15) is 30.4 Å². The molecule has 1 saturated heterocycles. The highest BCUT2D eigenvalue weighted by atomic mass is 19.4. The number of aliphatic carboxylic acids is 1. The summed E-state index contributed by atoms with van der Waals surface area (Å²) in [6.45, 7) is 1.08. The number of alkyl halides is 3. The Bertz CT molecular complexity index is 670. The quantitative estimate of drug-likeness (QED) is 0.899. The van der Waals surface area contributed by atoms with E-state index in [0.717, 1.165) is 18.9 Å². The number of rotatable bonds is 4. The first-order valence-electron chi connectivity index (χ1n) is 8.00. The van der Waals surface area contributed by atoms with Crippen LogP contribution in [0, 0.1) is 11.3 Å². The molecular weight excluding hydrogens is 335 g/mol. The van der Waals surface area contributed by atoms with Gasteiger partial charge in [-0.3, -0.25) is 9.69 Å². The molecule has 1 heterocycles. The standard InChI is InChI=1S/C17H20F3N3O2/c1-22(11-16(24)25)13-3-2-7-23(8-6-13)14-5-4-12(10-21)15(9-14)17(18,19)20/h4-5,9,13H,2-3,6-8,11H2,1H3,(H,24,25). The normalized spacial score (nSPS) is 18.7. The lowest BCUT2D eigenvalue weighted by atomic mass is 10.1. The average Bonchev–Trinajstić information content (AvgIpc) is 2.79. The molecule has 1 aliphatic heterocycles. The molecule has 1 aliphatic rings. The van der Waals surface area contributed by atoms with E-state index in [4.69, 9.17) is 10.4 Å². The molecule has 0 aliphatic carbocycles. The molecule has 1 unspecified atom stereocenters. The summed E-state index contributed by atoms with van der Waals surface area (Å²) in [6, 6.07) is 5.44. The molecule has 25 heavy (non-hydrogen) atoms. The van der Waals surface area contributed by atoms with Crippen LogP contribution >= 0.6 is 0 Å². The summed E-state index contributed by atoms with van der Waals surface area (Å²) in [6.07, 6.45) is -2.35. The van der Waals surface area contributed by atoms with Crippen LogP contribution < -0.4 is 4.90 Å². The summed E-state index contributed by atoms with van der Waals surface area (Å²) < 4.78 is 39.4. The summed E-state index contributed by atoms with van der Waals surface area (Å²) in [5.41, 5.74) is -0.866. The highest BCUT2D eigenvalue weighted by Crippen LogP contribution is 2.35. The first kappa shape index (κ1) is 19.1. The largest absolute Gasteiger partial charge is 0.480 e. The zero-order valence-electron chi connectivity index (χ0n) is 13.9. The second kappa shape index (κ2) is 7.74. The maximum Gasteiger partial charge on any atom is 0.417 e. The number of carboxylic acids is 1. The van der Waals surface area contributed by atoms with Gasteiger partial charge in [-0.2, -0.15) is 18.4 Å². The fourth-order valence-corrected chi connectivity index (χ4v) is 3.18. The van der Waals surface area contributed by atoms with E-state index in [0.29, 0.717) is 25.2 Å². The van der Waals surface area contributed by atoms with Crippen LogP contribution in [0.15, 0.2) is 18.2 Å². The van der Waals surface area contributed by atoms with Crippen molar-refractivity contribution in [3.05, 3.63) is 29.3 Å². The van der Waals surface area contributed by atoms with E-state index < -0.39 is 17.7 Å². The lowest BCUT2D eigenvalue weighted by Gasteiger charge is -2.26. The molecule has 0 amide bonds. The number of nitrogens with zero attached hydrogens (tertiary/aromatic N) is 3. The molecule has 0 spiro atoms. The van der Waals surface area contributed by atoms with Crippen LogP contribution in [0.2, 0.25) is 0 Å². The van der Waals surface area contributed by atoms with Gasteiger partial charge in [-0.05, 0) is 44.5 Å². The van der Waals surface area contributed by atoms with E-state index in [1.807, 2.05) is 4.90 Å². The van der Waals surface area contributed by atoms with E-state index >= 15 is 0 Å². The van der Waals surface area contributed by atoms with Crippen LogP contribution in [0.4, 0.5) is 18.9 Å². The predicted molar refractivity (Wildman–Crippen MR) is 86.3 cm³/mol. The molecule has 0 bridgehead atoms. The summed E-state index contributed by atoms with van der Waals surface area (Å²) in [5.74, 6) is -0.898. The number of nitriles is 1. The van der Waals surface area contributed by atoms with E-state index in [1.165, 1.54) is 12.1 Å². The third-order valence-corrected chi connectivity index (χ3v) is 4.50. The highest BCUT2D eigenvalue weighted by molar-refractivity contribution is 5.69. The van der Waals surface area contributed by atoms with Crippen molar-refractivity contribution in [2.24, 2.45) is 0 Å². The first-order valence-corrected chi connectivity index (χ1v) is 8.00. The number of hydrogen-bond acceptors (Lipinski definition) is 4. The molecule has 0 saturated carbocycles. The average molecular weight is 355 g/mol. The summed E-state index contributed by atoms with van der Waals surface area (Å²) in [4.78, 5) is 14.5. The minimum absolute atomic E-state index is 0.0558. The second-order valence-electron chi connectivity index (χ2n) is 6.22. The molecule has 1 fully saturated rings. The Morgan fingerprint density at radius 2 is 2.12 bits per heavy atom. The van der Waals surface area contributed by atoms with Crippen LogP contribution in [0.5, 0.6) is 0 Å². The minimum Gasteiger partial charge on any atom is -0.480 e. The number of anilines is 1. The zero-order chi connectivity index (χ0) is 18.6. The molecule has 0 aromatic heterocycles. The zero-order valence-corrected chi connectivity index (χ0v) is 13.9. The predicted octanol–water partition coefficient (Wildman–Crippen LogP) is 2.95. The van der Waals surface area contributed by atoms with Crippen molar-refractivity contribution in [1.29, 1.82) is 5.26 Å². The lowest BCUT2D eigenvalue weighted by Crippen LogP contribution is -2.36. The van der Waals surface area contributed by atoms with Crippen LogP contribution in [-0.2, 0) is 11.0 Å². The molecule has 8 heteroatoms. The molecule has 1 N–H and O–H groups in total. The molecular formula is C17H20F3N3O2. The van der Waals surface area contributed by atoms with Crippen molar-refractivity contribution < 1.29 is 23.1 Å². The fraction of sp³-hybridized carbons (Fsp3) is 0.529. The van der Waals surface area contributed by atoms with Gasteiger partial charge < -0.3 is 10.0 Å².